The molecule has 0 radical (unpaired) electrons. The SMILES string of the molecule is Cc1nn(C2CCCCO2)c2cccc(C(O)c3ncc(Cl)cc3NC(=O)OC(C)(C)C)c12. The van der Waals surface area contributed by atoms with Gasteiger partial charge in [-0.15, -0.1) is 0 Å². The summed E-state index contributed by atoms with van der Waals surface area (Å²) in [6, 6.07) is 7.22. The van der Waals surface area contributed by atoms with E-state index in [0.717, 1.165) is 35.9 Å². The number of carbonyl (C=O) groups is 1. The molecule has 3 heterocycles. The summed E-state index contributed by atoms with van der Waals surface area (Å²) in [5.41, 5.74) is 2.17. The number of aryl methyl sites for hydroxylation is 1. The van der Waals surface area contributed by atoms with E-state index >= 15 is 0 Å². The first-order valence-electron chi connectivity index (χ1n) is 11.1. The molecule has 0 spiro atoms. The maximum Gasteiger partial charge on any atom is 0.412 e. The zero-order valence-electron chi connectivity index (χ0n) is 19.3. The number of aromatic nitrogens is 3. The van der Waals surface area contributed by atoms with Gasteiger partial charge in [-0.1, -0.05) is 23.7 Å². The number of pyridine rings is 1. The Hall–Kier alpha value is -2.68. The van der Waals surface area contributed by atoms with E-state index in [4.69, 9.17) is 26.2 Å². The van der Waals surface area contributed by atoms with Crippen molar-refractivity contribution in [2.45, 2.75) is 64.9 Å². The number of aliphatic hydroxyl groups excluding tert-OH is 1. The zero-order valence-corrected chi connectivity index (χ0v) is 20.0. The lowest BCUT2D eigenvalue weighted by Gasteiger charge is -2.23. The van der Waals surface area contributed by atoms with E-state index in [1.54, 1.807) is 26.8 Å². The van der Waals surface area contributed by atoms with Crippen LogP contribution in [0.5, 0.6) is 0 Å². The van der Waals surface area contributed by atoms with E-state index in [1.807, 2.05) is 29.8 Å². The highest BCUT2D eigenvalue weighted by atomic mass is 35.5. The van der Waals surface area contributed by atoms with Crippen LogP contribution in [0, 0.1) is 6.92 Å². The molecule has 4 rings (SSSR count). The van der Waals surface area contributed by atoms with Crippen LogP contribution in [0.1, 0.15) is 69.3 Å². The molecule has 1 fully saturated rings. The third-order valence-electron chi connectivity index (χ3n) is 5.44. The minimum Gasteiger partial charge on any atom is -0.444 e. The Morgan fingerprint density at radius 1 is 1.36 bits per heavy atom. The highest BCUT2D eigenvalue weighted by molar-refractivity contribution is 6.30. The van der Waals surface area contributed by atoms with Crippen molar-refractivity contribution in [1.82, 2.24) is 14.8 Å². The summed E-state index contributed by atoms with van der Waals surface area (Å²) in [4.78, 5) is 16.7. The number of aliphatic hydroxyl groups is 1. The molecule has 2 aromatic heterocycles. The van der Waals surface area contributed by atoms with Crippen LogP contribution in [0.25, 0.3) is 10.9 Å². The molecule has 33 heavy (non-hydrogen) atoms. The number of carbonyl (C=O) groups excluding carboxylic acids is 1. The Bertz CT molecular complexity index is 1170. The monoisotopic (exact) mass is 472 g/mol. The van der Waals surface area contributed by atoms with Crippen LogP contribution in [0.4, 0.5) is 10.5 Å². The Labute approximate surface area is 197 Å². The van der Waals surface area contributed by atoms with E-state index in [9.17, 15) is 9.90 Å². The molecule has 1 amide bonds. The first-order valence-corrected chi connectivity index (χ1v) is 11.4. The lowest BCUT2D eigenvalue weighted by atomic mass is 9.99. The number of halogens is 1. The van der Waals surface area contributed by atoms with Crippen LogP contribution in [0.15, 0.2) is 30.5 Å². The van der Waals surface area contributed by atoms with E-state index in [1.165, 1.54) is 6.20 Å². The number of fused-ring (bicyclic) bond motifs is 1. The predicted octanol–water partition coefficient (Wildman–Crippen LogP) is 5.52. The fraction of sp³-hybridized carbons (Fsp3) is 0.458. The van der Waals surface area contributed by atoms with E-state index in [-0.39, 0.29) is 17.6 Å². The van der Waals surface area contributed by atoms with Gasteiger partial charge in [0, 0.05) is 18.2 Å². The maximum atomic E-state index is 12.4. The number of hydrogen-bond donors (Lipinski definition) is 2. The normalized spacial score (nSPS) is 17.7. The van der Waals surface area contributed by atoms with E-state index in [2.05, 4.69) is 10.3 Å². The van der Waals surface area contributed by atoms with Crippen LogP contribution in [0.3, 0.4) is 0 Å². The minimum atomic E-state index is -1.13. The van der Waals surface area contributed by atoms with Crippen molar-refractivity contribution in [3.8, 4) is 0 Å². The molecule has 1 aliphatic heterocycles. The summed E-state index contributed by atoms with van der Waals surface area (Å²) in [7, 11) is 0. The first kappa shape index (κ1) is 23.5. The molecule has 9 heteroatoms. The van der Waals surface area contributed by atoms with Crippen molar-refractivity contribution in [2.75, 3.05) is 11.9 Å². The van der Waals surface area contributed by atoms with Crippen molar-refractivity contribution in [3.63, 3.8) is 0 Å². The largest absolute Gasteiger partial charge is 0.444 e. The standard InChI is InChI=1S/C24H29ClN4O4/c1-14-20-16(8-7-9-18(20)29(28-14)19-10-5-6-11-32-19)22(30)21-17(12-15(25)13-26-21)27-23(31)33-24(2,3)4/h7-9,12-13,19,22,30H,5-6,10-11H2,1-4H3,(H,27,31). The number of anilines is 1. The van der Waals surface area contributed by atoms with Crippen LogP contribution in [-0.2, 0) is 9.47 Å². The number of benzene rings is 1. The van der Waals surface area contributed by atoms with Crippen LogP contribution in [-0.4, -0.2) is 38.2 Å². The molecule has 1 saturated heterocycles. The summed E-state index contributed by atoms with van der Waals surface area (Å²) in [6.07, 6.45) is 2.56. The van der Waals surface area contributed by atoms with Gasteiger partial charge in [0.05, 0.1) is 27.6 Å². The number of nitrogens with zero attached hydrogens (tertiary/aromatic N) is 3. The summed E-state index contributed by atoms with van der Waals surface area (Å²) in [5, 5.41) is 19.9. The molecule has 0 saturated carbocycles. The summed E-state index contributed by atoms with van der Waals surface area (Å²) in [6.45, 7) is 7.94. The van der Waals surface area contributed by atoms with Crippen LogP contribution >= 0.6 is 11.6 Å². The fourth-order valence-corrected chi connectivity index (χ4v) is 4.26. The Balaban J connectivity index is 1.73. The highest BCUT2D eigenvalue weighted by Crippen LogP contribution is 2.36. The molecular formula is C24H29ClN4O4. The smallest absolute Gasteiger partial charge is 0.412 e. The third-order valence-corrected chi connectivity index (χ3v) is 5.65. The lowest BCUT2D eigenvalue weighted by Crippen LogP contribution is -2.27. The van der Waals surface area contributed by atoms with Gasteiger partial charge in [-0.3, -0.25) is 10.3 Å². The van der Waals surface area contributed by atoms with Crippen molar-refractivity contribution in [2.24, 2.45) is 0 Å². The second-order valence-corrected chi connectivity index (χ2v) is 9.64. The Kier molecular flexibility index (Phi) is 6.61. The average Bonchev–Trinajstić information content (AvgIpc) is 3.09. The van der Waals surface area contributed by atoms with Gasteiger partial charge in [-0.05, 0) is 64.7 Å². The second-order valence-electron chi connectivity index (χ2n) is 9.21. The molecule has 2 unspecified atom stereocenters. The summed E-state index contributed by atoms with van der Waals surface area (Å²) >= 11 is 6.13. The number of rotatable bonds is 4. The molecule has 3 aromatic rings. The number of ether oxygens (including phenoxy) is 2. The zero-order chi connectivity index (χ0) is 23.8. The summed E-state index contributed by atoms with van der Waals surface area (Å²) in [5.74, 6) is 0. The Morgan fingerprint density at radius 3 is 2.85 bits per heavy atom. The molecule has 1 aliphatic rings. The van der Waals surface area contributed by atoms with Crippen molar-refractivity contribution in [1.29, 1.82) is 0 Å². The van der Waals surface area contributed by atoms with Crippen LogP contribution in [0.2, 0.25) is 5.02 Å². The van der Waals surface area contributed by atoms with Gasteiger partial charge >= 0.3 is 6.09 Å². The topological polar surface area (TPSA) is 98.5 Å². The van der Waals surface area contributed by atoms with Gasteiger partial charge in [0.2, 0.25) is 0 Å². The van der Waals surface area contributed by atoms with Gasteiger partial charge in [0.25, 0.3) is 0 Å². The summed E-state index contributed by atoms with van der Waals surface area (Å²) < 4.78 is 13.2. The molecule has 2 atom stereocenters. The third kappa shape index (κ3) is 5.13. The van der Waals surface area contributed by atoms with Gasteiger partial charge in [0.15, 0.2) is 6.23 Å². The molecule has 8 nitrogen and oxygen atoms in total. The first-order chi connectivity index (χ1) is 15.6. The van der Waals surface area contributed by atoms with Gasteiger partial charge in [-0.2, -0.15) is 5.10 Å². The quantitative estimate of drug-likeness (QED) is 0.518. The molecular weight excluding hydrogens is 444 g/mol. The van der Waals surface area contributed by atoms with Crippen molar-refractivity contribution in [3.05, 3.63) is 52.4 Å². The van der Waals surface area contributed by atoms with Gasteiger partial charge in [-0.25, -0.2) is 9.48 Å². The van der Waals surface area contributed by atoms with E-state index in [0.29, 0.717) is 17.2 Å². The van der Waals surface area contributed by atoms with E-state index < -0.39 is 17.8 Å². The van der Waals surface area contributed by atoms with Crippen LogP contribution < -0.4 is 5.32 Å². The fourth-order valence-electron chi connectivity index (χ4n) is 4.10. The Morgan fingerprint density at radius 2 is 2.15 bits per heavy atom. The minimum absolute atomic E-state index is 0.125. The van der Waals surface area contributed by atoms with Gasteiger partial charge < -0.3 is 14.6 Å². The number of amides is 1. The average molecular weight is 473 g/mol. The molecule has 0 aliphatic carbocycles. The maximum absolute atomic E-state index is 12.4. The predicted molar refractivity (Wildman–Crippen MR) is 126 cm³/mol. The lowest BCUT2D eigenvalue weighted by molar-refractivity contribution is -0.0368. The highest BCUT2D eigenvalue weighted by Gasteiger charge is 2.26. The van der Waals surface area contributed by atoms with Crippen molar-refractivity contribution >= 4 is 34.3 Å². The second kappa shape index (κ2) is 9.29. The number of hydrogen-bond acceptors (Lipinski definition) is 6. The van der Waals surface area contributed by atoms with Crippen molar-refractivity contribution < 1.29 is 19.4 Å². The van der Waals surface area contributed by atoms with Gasteiger partial charge in [0.1, 0.15) is 11.7 Å². The molecule has 0 bridgehead atoms. The molecule has 2 N–H and O–H groups in total. The molecule has 1 aromatic carbocycles. The number of nitrogens with one attached hydrogen (secondary N) is 1. The molecule has 176 valence electrons.